The highest BCUT2D eigenvalue weighted by Gasteiger charge is 2.16. The van der Waals surface area contributed by atoms with Gasteiger partial charge in [0.2, 0.25) is 11.8 Å². The molecule has 1 heterocycles. The van der Waals surface area contributed by atoms with E-state index in [2.05, 4.69) is 10.4 Å². The van der Waals surface area contributed by atoms with Crippen molar-refractivity contribution in [2.45, 2.75) is 64.9 Å². The number of fused-ring (bicyclic) bond motifs is 1. The SMILES string of the molecule is CC(C)Oc1nn(C)c2ccc(NC(=O)CCC3CCCCC3)cc12. The Labute approximate surface area is 149 Å². The molecule has 1 saturated carbocycles. The minimum atomic E-state index is 0.0619. The topological polar surface area (TPSA) is 56.1 Å². The molecule has 1 amide bonds. The van der Waals surface area contributed by atoms with Gasteiger partial charge in [0, 0.05) is 19.2 Å². The Hall–Kier alpha value is -2.04. The Balaban J connectivity index is 1.65. The van der Waals surface area contributed by atoms with Crippen LogP contribution in [0, 0.1) is 5.92 Å². The fourth-order valence-corrected chi connectivity index (χ4v) is 3.66. The van der Waals surface area contributed by atoms with Crippen LogP contribution in [-0.4, -0.2) is 21.8 Å². The van der Waals surface area contributed by atoms with Crippen LogP contribution in [0.15, 0.2) is 18.2 Å². The van der Waals surface area contributed by atoms with E-state index in [0.29, 0.717) is 12.3 Å². The summed E-state index contributed by atoms with van der Waals surface area (Å²) >= 11 is 0. The molecule has 0 radical (unpaired) electrons. The molecule has 3 rings (SSSR count). The number of aryl methyl sites for hydroxylation is 1. The van der Waals surface area contributed by atoms with Crippen molar-refractivity contribution in [2.75, 3.05) is 5.32 Å². The Morgan fingerprint density at radius 2 is 2.08 bits per heavy atom. The number of anilines is 1. The summed E-state index contributed by atoms with van der Waals surface area (Å²) in [7, 11) is 1.90. The zero-order valence-electron chi connectivity index (χ0n) is 15.5. The fourth-order valence-electron chi connectivity index (χ4n) is 3.66. The van der Waals surface area contributed by atoms with Gasteiger partial charge in [-0.05, 0) is 44.4 Å². The van der Waals surface area contributed by atoms with Gasteiger partial charge < -0.3 is 10.1 Å². The average Bonchev–Trinajstić information content (AvgIpc) is 2.89. The zero-order chi connectivity index (χ0) is 17.8. The number of amides is 1. The smallest absolute Gasteiger partial charge is 0.241 e. The third-order valence-corrected chi connectivity index (χ3v) is 4.95. The number of nitrogens with zero attached hydrogens (tertiary/aromatic N) is 2. The van der Waals surface area contributed by atoms with Crippen molar-refractivity contribution in [3.8, 4) is 5.88 Å². The van der Waals surface area contributed by atoms with Crippen LogP contribution in [0.4, 0.5) is 5.69 Å². The van der Waals surface area contributed by atoms with Crippen LogP contribution in [-0.2, 0) is 11.8 Å². The number of rotatable bonds is 6. The largest absolute Gasteiger partial charge is 0.473 e. The van der Waals surface area contributed by atoms with E-state index >= 15 is 0 Å². The molecule has 136 valence electrons. The van der Waals surface area contributed by atoms with Crippen LogP contribution in [0.3, 0.4) is 0 Å². The van der Waals surface area contributed by atoms with Crippen molar-refractivity contribution in [1.82, 2.24) is 9.78 Å². The maximum absolute atomic E-state index is 12.3. The summed E-state index contributed by atoms with van der Waals surface area (Å²) in [6.45, 7) is 3.97. The second-order valence-corrected chi connectivity index (χ2v) is 7.42. The highest BCUT2D eigenvalue weighted by Crippen LogP contribution is 2.29. The van der Waals surface area contributed by atoms with Gasteiger partial charge in [0.25, 0.3) is 0 Å². The van der Waals surface area contributed by atoms with Crippen molar-refractivity contribution in [2.24, 2.45) is 13.0 Å². The lowest BCUT2D eigenvalue weighted by Gasteiger charge is -2.21. The molecular formula is C20H29N3O2. The standard InChI is InChI=1S/C20H29N3O2/c1-14(2)25-20-17-13-16(10-11-18(17)23(3)22-20)21-19(24)12-9-15-7-5-4-6-8-15/h10-11,13-15H,4-9,12H2,1-3H3,(H,21,24). The number of carbonyl (C=O) groups is 1. The molecule has 25 heavy (non-hydrogen) atoms. The third kappa shape index (κ3) is 4.53. The lowest BCUT2D eigenvalue weighted by Crippen LogP contribution is -2.14. The first-order valence-corrected chi connectivity index (χ1v) is 9.46. The van der Waals surface area contributed by atoms with Crippen molar-refractivity contribution >= 4 is 22.5 Å². The second-order valence-electron chi connectivity index (χ2n) is 7.42. The number of aromatic nitrogens is 2. The molecule has 1 fully saturated rings. The molecule has 1 aromatic carbocycles. The molecule has 0 atom stereocenters. The molecule has 1 N–H and O–H groups in total. The summed E-state index contributed by atoms with van der Waals surface area (Å²) in [4.78, 5) is 12.3. The molecule has 1 aliphatic rings. The lowest BCUT2D eigenvalue weighted by molar-refractivity contribution is -0.116. The molecular weight excluding hydrogens is 314 g/mol. The molecule has 5 nitrogen and oxygen atoms in total. The molecule has 0 aliphatic heterocycles. The van der Waals surface area contributed by atoms with Crippen LogP contribution in [0.1, 0.15) is 58.8 Å². The average molecular weight is 343 g/mol. The predicted molar refractivity (Wildman–Crippen MR) is 101 cm³/mol. The first kappa shape index (κ1) is 17.8. The Morgan fingerprint density at radius 3 is 2.80 bits per heavy atom. The monoisotopic (exact) mass is 343 g/mol. The molecule has 0 unspecified atom stereocenters. The summed E-state index contributed by atoms with van der Waals surface area (Å²) in [5.41, 5.74) is 1.80. The van der Waals surface area contributed by atoms with Crippen LogP contribution in [0.2, 0.25) is 0 Å². The highest BCUT2D eigenvalue weighted by molar-refractivity contribution is 5.95. The van der Waals surface area contributed by atoms with Gasteiger partial charge in [0.1, 0.15) is 0 Å². The van der Waals surface area contributed by atoms with Crippen molar-refractivity contribution in [3.05, 3.63) is 18.2 Å². The quantitative estimate of drug-likeness (QED) is 0.830. The van der Waals surface area contributed by atoms with Gasteiger partial charge in [-0.1, -0.05) is 32.1 Å². The third-order valence-electron chi connectivity index (χ3n) is 4.95. The summed E-state index contributed by atoms with van der Waals surface area (Å²) in [6, 6.07) is 5.87. The van der Waals surface area contributed by atoms with Crippen molar-refractivity contribution < 1.29 is 9.53 Å². The van der Waals surface area contributed by atoms with E-state index in [1.54, 1.807) is 0 Å². The zero-order valence-corrected chi connectivity index (χ0v) is 15.5. The number of benzene rings is 1. The molecule has 1 aliphatic carbocycles. The highest BCUT2D eigenvalue weighted by atomic mass is 16.5. The molecule has 0 spiro atoms. The molecule has 1 aromatic heterocycles. The van der Waals surface area contributed by atoms with Gasteiger partial charge in [-0.3, -0.25) is 9.48 Å². The van der Waals surface area contributed by atoms with E-state index in [1.165, 1.54) is 32.1 Å². The van der Waals surface area contributed by atoms with Gasteiger partial charge in [-0.25, -0.2) is 0 Å². The summed E-state index contributed by atoms with van der Waals surface area (Å²) < 4.78 is 7.60. The summed E-state index contributed by atoms with van der Waals surface area (Å²) in [6.07, 6.45) is 8.23. The number of hydrogen-bond donors (Lipinski definition) is 1. The maximum atomic E-state index is 12.3. The first-order valence-electron chi connectivity index (χ1n) is 9.46. The number of carbonyl (C=O) groups excluding carboxylic acids is 1. The van der Waals surface area contributed by atoms with Gasteiger partial charge in [-0.2, -0.15) is 0 Å². The van der Waals surface area contributed by atoms with Crippen LogP contribution in [0.25, 0.3) is 10.9 Å². The Bertz CT molecular complexity index is 730. The summed E-state index contributed by atoms with van der Waals surface area (Å²) in [5, 5.41) is 8.39. The van der Waals surface area contributed by atoms with E-state index in [4.69, 9.17) is 4.74 Å². The molecule has 5 heteroatoms. The maximum Gasteiger partial charge on any atom is 0.241 e. The van der Waals surface area contributed by atoms with E-state index in [0.717, 1.165) is 28.9 Å². The fraction of sp³-hybridized carbons (Fsp3) is 0.600. The van der Waals surface area contributed by atoms with Gasteiger partial charge in [0.05, 0.1) is 17.0 Å². The predicted octanol–water partition coefficient (Wildman–Crippen LogP) is 4.66. The van der Waals surface area contributed by atoms with E-state index in [1.807, 2.05) is 43.8 Å². The molecule has 0 bridgehead atoms. The summed E-state index contributed by atoms with van der Waals surface area (Å²) in [5.74, 6) is 1.44. The number of hydrogen-bond acceptors (Lipinski definition) is 3. The minimum Gasteiger partial charge on any atom is -0.473 e. The van der Waals surface area contributed by atoms with Crippen molar-refractivity contribution in [1.29, 1.82) is 0 Å². The second kappa shape index (κ2) is 7.89. The van der Waals surface area contributed by atoms with Gasteiger partial charge in [-0.15, -0.1) is 5.10 Å². The van der Waals surface area contributed by atoms with Gasteiger partial charge in [0.15, 0.2) is 0 Å². The normalized spacial score (nSPS) is 15.7. The lowest BCUT2D eigenvalue weighted by atomic mass is 9.86. The van der Waals surface area contributed by atoms with Crippen molar-refractivity contribution in [3.63, 3.8) is 0 Å². The molecule has 0 saturated heterocycles. The van der Waals surface area contributed by atoms with Crippen LogP contribution >= 0.6 is 0 Å². The van der Waals surface area contributed by atoms with E-state index in [-0.39, 0.29) is 12.0 Å². The minimum absolute atomic E-state index is 0.0619. The number of ether oxygens (including phenoxy) is 1. The molecule has 2 aromatic rings. The Kier molecular flexibility index (Phi) is 5.61. The van der Waals surface area contributed by atoms with Crippen LogP contribution < -0.4 is 10.1 Å². The van der Waals surface area contributed by atoms with Crippen LogP contribution in [0.5, 0.6) is 5.88 Å². The number of nitrogens with one attached hydrogen (secondary N) is 1. The van der Waals surface area contributed by atoms with E-state index < -0.39 is 0 Å². The Morgan fingerprint density at radius 1 is 1.32 bits per heavy atom. The van der Waals surface area contributed by atoms with Gasteiger partial charge >= 0.3 is 0 Å². The first-order chi connectivity index (χ1) is 12.0. The van der Waals surface area contributed by atoms with E-state index in [9.17, 15) is 4.79 Å².